The molecule has 0 aromatic carbocycles. The van der Waals surface area contributed by atoms with E-state index in [0.717, 1.165) is 19.3 Å². The van der Waals surface area contributed by atoms with Gasteiger partial charge in [-0.25, -0.2) is 4.79 Å². The largest absolute Gasteiger partial charge is 0.335 e. The highest BCUT2D eigenvalue weighted by Crippen LogP contribution is 2.19. The van der Waals surface area contributed by atoms with E-state index in [9.17, 15) is 4.79 Å². The molecule has 0 saturated heterocycles. The minimum absolute atomic E-state index is 0.0438. The molecule has 2 atom stereocenters. The fourth-order valence-corrected chi connectivity index (χ4v) is 1.33. The molecule has 2 amide bonds. The molecule has 0 radical (unpaired) electrons. The zero-order valence-electron chi connectivity index (χ0n) is 7.05. The number of carbonyl (C=O) groups is 1. The maximum atomic E-state index is 11.2. The predicted octanol–water partition coefficient (Wildman–Crippen LogP) is -0.0623. The van der Waals surface area contributed by atoms with Crippen LogP contribution in [0.2, 0.25) is 0 Å². The van der Waals surface area contributed by atoms with Crippen LogP contribution >= 0.6 is 0 Å². The van der Waals surface area contributed by atoms with Crippen LogP contribution < -0.4 is 16.4 Å². The first-order chi connectivity index (χ1) is 5.75. The quantitative estimate of drug-likeness (QED) is 0.542. The summed E-state index contributed by atoms with van der Waals surface area (Å²) in [5, 5.41) is 5.73. The molecule has 0 aliphatic heterocycles. The SMILES string of the molecule is NC1CC1NC(=O)NC1CCC1. The van der Waals surface area contributed by atoms with Crippen molar-refractivity contribution in [1.82, 2.24) is 10.6 Å². The molecule has 2 saturated carbocycles. The van der Waals surface area contributed by atoms with Crippen LogP contribution in [0.15, 0.2) is 0 Å². The minimum atomic E-state index is -0.0438. The van der Waals surface area contributed by atoms with Gasteiger partial charge in [0.2, 0.25) is 0 Å². The molecule has 4 N–H and O–H groups in total. The average Bonchev–Trinajstić information content (AvgIpc) is 2.58. The van der Waals surface area contributed by atoms with Crippen molar-refractivity contribution < 1.29 is 4.79 Å². The number of rotatable bonds is 2. The van der Waals surface area contributed by atoms with Crippen molar-refractivity contribution in [1.29, 1.82) is 0 Å². The second-order valence-electron chi connectivity index (χ2n) is 3.75. The Kier molecular flexibility index (Phi) is 1.92. The molecule has 2 fully saturated rings. The van der Waals surface area contributed by atoms with Gasteiger partial charge in [0, 0.05) is 18.1 Å². The summed E-state index contributed by atoms with van der Waals surface area (Å²) in [6.45, 7) is 0. The smallest absolute Gasteiger partial charge is 0.315 e. The Morgan fingerprint density at radius 1 is 1.33 bits per heavy atom. The molecule has 0 aromatic rings. The van der Waals surface area contributed by atoms with Crippen molar-refractivity contribution in [2.75, 3.05) is 0 Å². The Morgan fingerprint density at radius 2 is 2.00 bits per heavy atom. The molecule has 2 aliphatic carbocycles. The number of hydrogen-bond donors (Lipinski definition) is 3. The molecular weight excluding hydrogens is 154 g/mol. The fraction of sp³-hybridized carbons (Fsp3) is 0.875. The zero-order valence-corrected chi connectivity index (χ0v) is 7.05. The summed E-state index contributed by atoms with van der Waals surface area (Å²) in [5.74, 6) is 0. The van der Waals surface area contributed by atoms with Crippen molar-refractivity contribution in [3.8, 4) is 0 Å². The average molecular weight is 169 g/mol. The first-order valence-electron chi connectivity index (χ1n) is 4.58. The van der Waals surface area contributed by atoms with E-state index in [2.05, 4.69) is 10.6 Å². The second kappa shape index (κ2) is 2.94. The summed E-state index contributed by atoms with van der Waals surface area (Å²) in [6.07, 6.45) is 4.43. The highest BCUT2D eigenvalue weighted by atomic mass is 16.2. The second-order valence-corrected chi connectivity index (χ2v) is 3.75. The number of nitrogens with two attached hydrogens (primary N) is 1. The lowest BCUT2D eigenvalue weighted by atomic mass is 9.93. The molecular formula is C8H15N3O. The van der Waals surface area contributed by atoms with Crippen molar-refractivity contribution in [2.24, 2.45) is 5.73 Å². The number of carbonyl (C=O) groups excluding carboxylic acids is 1. The van der Waals surface area contributed by atoms with Gasteiger partial charge in [-0.05, 0) is 25.7 Å². The van der Waals surface area contributed by atoms with Crippen molar-refractivity contribution in [3.63, 3.8) is 0 Å². The summed E-state index contributed by atoms with van der Waals surface area (Å²) in [5.41, 5.74) is 5.55. The van der Waals surface area contributed by atoms with E-state index >= 15 is 0 Å². The summed E-state index contributed by atoms with van der Waals surface area (Å²) >= 11 is 0. The zero-order chi connectivity index (χ0) is 8.55. The topological polar surface area (TPSA) is 67.1 Å². The van der Waals surface area contributed by atoms with E-state index < -0.39 is 0 Å². The van der Waals surface area contributed by atoms with Gasteiger partial charge in [0.05, 0.1) is 0 Å². The molecule has 0 aromatic heterocycles. The van der Waals surface area contributed by atoms with E-state index in [1.807, 2.05) is 0 Å². The van der Waals surface area contributed by atoms with E-state index in [1.165, 1.54) is 6.42 Å². The molecule has 0 bridgehead atoms. The molecule has 0 spiro atoms. The van der Waals surface area contributed by atoms with Crippen LogP contribution in [0.5, 0.6) is 0 Å². The highest BCUT2D eigenvalue weighted by Gasteiger charge is 2.35. The standard InChI is InChI=1S/C8H15N3O/c9-6-4-7(6)11-8(12)10-5-2-1-3-5/h5-7H,1-4,9H2,(H2,10,11,12). The molecule has 2 rings (SSSR count). The van der Waals surface area contributed by atoms with E-state index in [0.29, 0.717) is 6.04 Å². The summed E-state index contributed by atoms with van der Waals surface area (Å²) < 4.78 is 0. The van der Waals surface area contributed by atoms with Crippen LogP contribution in [0.3, 0.4) is 0 Å². The van der Waals surface area contributed by atoms with Crippen LogP contribution in [-0.4, -0.2) is 24.2 Å². The maximum absolute atomic E-state index is 11.2. The van der Waals surface area contributed by atoms with E-state index in [-0.39, 0.29) is 18.1 Å². The third-order valence-electron chi connectivity index (χ3n) is 2.60. The molecule has 2 aliphatic rings. The molecule has 4 heteroatoms. The van der Waals surface area contributed by atoms with Gasteiger partial charge in [0.25, 0.3) is 0 Å². The summed E-state index contributed by atoms with van der Waals surface area (Å²) in [6, 6.07) is 0.792. The van der Waals surface area contributed by atoms with Crippen LogP contribution in [0.25, 0.3) is 0 Å². The number of nitrogens with one attached hydrogen (secondary N) is 2. The van der Waals surface area contributed by atoms with Gasteiger partial charge < -0.3 is 16.4 Å². The van der Waals surface area contributed by atoms with Crippen LogP contribution in [0.4, 0.5) is 4.79 Å². The lowest BCUT2D eigenvalue weighted by Gasteiger charge is -2.26. The Balaban J connectivity index is 1.63. The molecule has 4 nitrogen and oxygen atoms in total. The van der Waals surface area contributed by atoms with E-state index in [4.69, 9.17) is 5.73 Å². The Bertz CT molecular complexity index is 182. The summed E-state index contributed by atoms with van der Waals surface area (Å²) in [4.78, 5) is 11.2. The van der Waals surface area contributed by atoms with Gasteiger partial charge in [0.15, 0.2) is 0 Å². The van der Waals surface area contributed by atoms with Crippen molar-refractivity contribution in [2.45, 2.75) is 43.8 Å². The number of amides is 2. The predicted molar refractivity (Wildman–Crippen MR) is 45.7 cm³/mol. The molecule has 0 heterocycles. The molecule has 2 unspecified atom stereocenters. The van der Waals surface area contributed by atoms with Gasteiger partial charge in [-0.15, -0.1) is 0 Å². The van der Waals surface area contributed by atoms with E-state index in [1.54, 1.807) is 0 Å². The van der Waals surface area contributed by atoms with Crippen LogP contribution in [-0.2, 0) is 0 Å². The lowest BCUT2D eigenvalue weighted by Crippen LogP contribution is -2.46. The first kappa shape index (κ1) is 7.86. The Morgan fingerprint density at radius 3 is 2.42 bits per heavy atom. The summed E-state index contributed by atoms with van der Waals surface area (Å²) in [7, 11) is 0. The Hall–Kier alpha value is -0.770. The van der Waals surface area contributed by atoms with Crippen molar-refractivity contribution in [3.05, 3.63) is 0 Å². The van der Waals surface area contributed by atoms with Gasteiger partial charge in [-0.1, -0.05) is 0 Å². The van der Waals surface area contributed by atoms with Crippen molar-refractivity contribution >= 4 is 6.03 Å². The maximum Gasteiger partial charge on any atom is 0.315 e. The van der Waals surface area contributed by atoms with Crippen LogP contribution in [0.1, 0.15) is 25.7 Å². The third-order valence-corrected chi connectivity index (χ3v) is 2.60. The van der Waals surface area contributed by atoms with Gasteiger partial charge in [-0.3, -0.25) is 0 Å². The number of urea groups is 1. The third kappa shape index (κ3) is 1.69. The normalized spacial score (nSPS) is 33.8. The van der Waals surface area contributed by atoms with Gasteiger partial charge >= 0.3 is 6.03 Å². The monoisotopic (exact) mass is 169 g/mol. The lowest BCUT2D eigenvalue weighted by molar-refractivity contribution is 0.228. The minimum Gasteiger partial charge on any atom is -0.335 e. The van der Waals surface area contributed by atoms with Gasteiger partial charge in [0.1, 0.15) is 0 Å². The molecule has 68 valence electrons. The first-order valence-corrected chi connectivity index (χ1v) is 4.58. The molecule has 12 heavy (non-hydrogen) atoms. The Labute approximate surface area is 71.9 Å². The van der Waals surface area contributed by atoms with Gasteiger partial charge in [-0.2, -0.15) is 0 Å². The van der Waals surface area contributed by atoms with Crippen LogP contribution in [0, 0.1) is 0 Å². The fourth-order valence-electron chi connectivity index (χ4n) is 1.33. The number of hydrogen-bond acceptors (Lipinski definition) is 2. The highest BCUT2D eigenvalue weighted by molar-refractivity contribution is 5.75.